The lowest BCUT2D eigenvalue weighted by Crippen LogP contribution is -2.38. The van der Waals surface area contributed by atoms with Crippen LogP contribution in [0, 0.1) is 12.7 Å². The summed E-state index contributed by atoms with van der Waals surface area (Å²) in [5, 5.41) is 6.87. The van der Waals surface area contributed by atoms with E-state index in [9.17, 15) is 9.18 Å². The molecule has 3 aromatic rings. The predicted octanol–water partition coefficient (Wildman–Crippen LogP) is 2.52. The maximum absolute atomic E-state index is 13.3. The monoisotopic (exact) mass is 381 g/mol. The molecule has 1 aliphatic rings. The molecule has 1 aliphatic heterocycles. The zero-order valence-electron chi connectivity index (χ0n) is 15.4. The van der Waals surface area contributed by atoms with Crippen molar-refractivity contribution in [3.8, 4) is 11.5 Å². The van der Waals surface area contributed by atoms with Gasteiger partial charge in [0.2, 0.25) is 5.91 Å². The minimum absolute atomic E-state index is 0.000312. The molecule has 144 valence electrons. The topological polar surface area (TPSA) is 84.2 Å². The third kappa shape index (κ3) is 4.00. The van der Waals surface area contributed by atoms with Crippen LogP contribution in [0.5, 0.6) is 0 Å². The second kappa shape index (κ2) is 7.75. The van der Waals surface area contributed by atoms with Crippen LogP contribution in [0.15, 0.2) is 47.1 Å². The van der Waals surface area contributed by atoms with E-state index in [1.165, 1.54) is 12.1 Å². The molecule has 1 amide bonds. The highest BCUT2D eigenvalue weighted by atomic mass is 19.1. The molecular weight excluding hydrogens is 361 g/mol. The van der Waals surface area contributed by atoms with E-state index < -0.39 is 0 Å². The summed E-state index contributed by atoms with van der Waals surface area (Å²) in [6.07, 6.45) is 2.68. The van der Waals surface area contributed by atoms with E-state index in [0.29, 0.717) is 23.8 Å². The molecule has 1 aromatic carbocycles. The van der Waals surface area contributed by atoms with Crippen LogP contribution in [0.3, 0.4) is 0 Å². The lowest BCUT2D eigenvalue weighted by Gasteiger charge is -2.19. The van der Waals surface area contributed by atoms with Crippen LogP contribution in [0.2, 0.25) is 0 Å². The molecule has 2 aromatic heterocycles. The number of hydrogen-bond acceptors (Lipinski definition) is 6. The van der Waals surface area contributed by atoms with E-state index in [4.69, 9.17) is 4.52 Å². The Morgan fingerprint density at radius 3 is 3.04 bits per heavy atom. The number of aromatic nitrogens is 3. The Morgan fingerprint density at radius 1 is 1.36 bits per heavy atom. The number of pyridine rings is 1. The first kappa shape index (κ1) is 18.1. The molecule has 0 unspecified atom stereocenters. The molecule has 8 heteroatoms. The molecular formula is C20H20FN5O2. The summed E-state index contributed by atoms with van der Waals surface area (Å²) in [4.78, 5) is 23.2. The number of anilines is 1. The second-order valence-electron chi connectivity index (χ2n) is 6.83. The molecule has 1 N–H and O–H groups in total. The van der Waals surface area contributed by atoms with Gasteiger partial charge in [-0.3, -0.25) is 4.79 Å². The first-order chi connectivity index (χ1) is 13.6. The van der Waals surface area contributed by atoms with Crippen LogP contribution in [-0.2, 0) is 11.2 Å². The molecule has 0 aliphatic carbocycles. The van der Waals surface area contributed by atoms with Crippen molar-refractivity contribution in [3.63, 3.8) is 0 Å². The van der Waals surface area contributed by atoms with Gasteiger partial charge in [0.25, 0.3) is 5.89 Å². The number of halogens is 1. The molecule has 28 heavy (non-hydrogen) atoms. The second-order valence-corrected chi connectivity index (χ2v) is 6.83. The Bertz CT molecular complexity index is 990. The van der Waals surface area contributed by atoms with Crippen molar-refractivity contribution >= 4 is 11.7 Å². The van der Waals surface area contributed by atoms with Gasteiger partial charge in [-0.1, -0.05) is 17.3 Å². The highest BCUT2D eigenvalue weighted by Gasteiger charge is 2.27. The summed E-state index contributed by atoms with van der Waals surface area (Å²) >= 11 is 0. The van der Waals surface area contributed by atoms with Gasteiger partial charge in [0.05, 0.1) is 12.0 Å². The fourth-order valence-electron chi connectivity index (χ4n) is 3.40. The Hall–Kier alpha value is -3.29. The molecule has 0 spiro atoms. The minimum Gasteiger partial charge on any atom is -0.354 e. The van der Waals surface area contributed by atoms with Crippen molar-refractivity contribution in [1.29, 1.82) is 0 Å². The fraction of sp³-hybridized carbons (Fsp3) is 0.300. The number of nitrogens with one attached hydrogen (secondary N) is 1. The van der Waals surface area contributed by atoms with Crippen molar-refractivity contribution in [2.45, 2.75) is 25.8 Å². The number of nitrogens with zero attached hydrogens (tertiary/aromatic N) is 4. The maximum atomic E-state index is 13.3. The van der Waals surface area contributed by atoms with Gasteiger partial charge in [-0.2, -0.15) is 4.98 Å². The van der Waals surface area contributed by atoms with E-state index in [1.807, 2.05) is 12.1 Å². The van der Waals surface area contributed by atoms with Gasteiger partial charge < -0.3 is 14.7 Å². The SMILES string of the molecule is Cc1noc(-c2cccnc2N2CC[C@H](NC(=O)Cc3cccc(F)c3)C2)n1. The number of carbonyl (C=O) groups is 1. The Morgan fingerprint density at radius 2 is 2.25 bits per heavy atom. The number of aryl methyl sites for hydroxylation is 1. The van der Waals surface area contributed by atoms with Crippen LogP contribution in [0.4, 0.5) is 10.2 Å². The summed E-state index contributed by atoms with van der Waals surface area (Å²) in [7, 11) is 0. The highest BCUT2D eigenvalue weighted by molar-refractivity contribution is 5.79. The predicted molar refractivity (Wildman–Crippen MR) is 101 cm³/mol. The molecule has 3 heterocycles. The average molecular weight is 381 g/mol. The molecule has 1 atom stereocenters. The Kier molecular flexibility index (Phi) is 5.01. The third-order valence-electron chi connectivity index (χ3n) is 4.65. The third-order valence-corrected chi connectivity index (χ3v) is 4.65. The van der Waals surface area contributed by atoms with Gasteiger partial charge in [0.15, 0.2) is 5.82 Å². The Balaban J connectivity index is 1.41. The zero-order chi connectivity index (χ0) is 19.5. The smallest absolute Gasteiger partial charge is 0.261 e. The number of hydrogen-bond donors (Lipinski definition) is 1. The van der Waals surface area contributed by atoms with Crippen molar-refractivity contribution in [2.24, 2.45) is 0 Å². The standard InChI is InChI=1S/C20H20FN5O2/c1-13-23-20(28-25-13)17-6-3-8-22-19(17)26-9-7-16(12-26)24-18(27)11-14-4-2-5-15(21)10-14/h2-6,8,10,16H,7,9,11-12H2,1H3,(H,24,27)/t16-/m0/s1. The van der Waals surface area contributed by atoms with E-state index in [0.717, 1.165) is 24.3 Å². The highest BCUT2D eigenvalue weighted by Crippen LogP contribution is 2.29. The van der Waals surface area contributed by atoms with E-state index in [-0.39, 0.29) is 24.2 Å². The summed E-state index contributed by atoms with van der Waals surface area (Å²) in [5.41, 5.74) is 1.43. The van der Waals surface area contributed by atoms with E-state index >= 15 is 0 Å². The summed E-state index contributed by atoms with van der Waals surface area (Å²) in [6, 6.07) is 9.82. The van der Waals surface area contributed by atoms with Crippen molar-refractivity contribution in [2.75, 3.05) is 18.0 Å². The number of amides is 1. The van der Waals surface area contributed by atoms with Gasteiger partial charge in [0.1, 0.15) is 11.6 Å². The summed E-state index contributed by atoms with van der Waals surface area (Å²) in [6.45, 7) is 3.15. The Labute approximate surface area is 161 Å². The first-order valence-corrected chi connectivity index (χ1v) is 9.13. The minimum atomic E-state index is -0.337. The van der Waals surface area contributed by atoms with E-state index in [2.05, 4.69) is 25.3 Å². The molecule has 7 nitrogen and oxygen atoms in total. The average Bonchev–Trinajstić information content (AvgIpc) is 3.31. The van der Waals surface area contributed by atoms with Crippen LogP contribution in [0.25, 0.3) is 11.5 Å². The largest absolute Gasteiger partial charge is 0.354 e. The molecule has 1 fully saturated rings. The first-order valence-electron chi connectivity index (χ1n) is 9.13. The fourth-order valence-corrected chi connectivity index (χ4v) is 3.40. The van der Waals surface area contributed by atoms with Crippen molar-refractivity contribution in [1.82, 2.24) is 20.4 Å². The molecule has 4 rings (SSSR count). The lowest BCUT2D eigenvalue weighted by atomic mass is 10.1. The number of rotatable bonds is 5. The normalized spacial score (nSPS) is 16.4. The summed E-state index contributed by atoms with van der Waals surface area (Å²) in [5.74, 6) is 1.29. The van der Waals surface area contributed by atoms with Crippen molar-refractivity contribution < 1.29 is 13.7 Å². The number of carbonyl (C=O) groups excluding carboxylic acids is 1. The molecule has 0 radical (unpaired) electrons. The zero-order valence-corrected chi connectivity index (χ0v) is 15.4. The van der Waals surface area contributed by atoms with Gasteiger partial charge in [0, 0.05) is 25.3 Å². The number of benzene rings is 1. The van der Waals surface area contributed by atoms with E-state index in [1.54, 1.807) is 25.3 Å². The van der Waals surface area contributed by atoms with Gasteiger partial charge >= 0.3 is 0 Å². The van der Waals surface area contributed by atoms with Gasteiger partial charge in [-0.05, 0) is 43.2 Å². The summed E-state index contributed by atoms with van der Waals surface area (Å²) < 4.78 is 18.6. The van der Waals surface area contributed by atoms with Crippen LogP contribution in [-0.4, -0.2) is 40.2 Å². The van der Waals surface area contributed by atoms with Crippen molar-refractivity contribution in [3.05, 3.63) is 59.8 Å². The van der Waals surface area contributed by atoms with Gasteiger partial charge in [-0.15, -0.1) is 0 Å². The quantitative estimate of drug-likeness (QED) is 0.731. The van der Waals surface area contributed by atoms with Gasteiger partial charge in [-0.25, -0.2) is 9.37 Å². The lowest BCUT2D eigenvalue weighted by molar-refractivity contribution is -0.121. The van der Waals surface area contributed by atoms with Crippen LogP contribution < -0.4 is 10.2 Å². The van der Waals surface area contributed by atoms with Crippen LogP contribution in [0.1, 0.15) is 17.8 Å². The molecule has 1 saturated heterocycles. The van der Waals surface area contributed by atoms with Crippen LogP contribution >= 0.6 is 0 Å². The maximum Gasteiger partial charge on any atom is 0.261 e. The molecule has 0 saturated carbocycles. The molecule has 0 bridgehead atoms.